The molecule has 1 aliphatic heterocycles. The zero-order valence-electron chi connectivity index (χ0n) is 15.6. The highest BCUT2D eigenvalue weighted by Crippen LogP contribution is 2.34. The molecule has 2 aliphatic rings. The van der Waals surface area contributed by atoms with Crippen LogP contribution in [0.4, 0.5) is 5.69 Å². The summed E-state index contributed by atoms with van der Waals surface area (Å²) in [7, 11) is 1.62. The van der Waals surface area contributed by atoms with Crippen LogP contribution in [0.3, 0.4) is 0 Å². The Labute approximate surface area is 154 Å². The fourth-order valence-corrected chi connectivity index (χ4v) is 3.29. The first kappa shape index (κ1) is 18.5. The first-order valence-electron chi connectivity index (χ1n) is 9.46. The number of esters is 1. The molecule has 1 unspecified atom stereocenters. The number of nitrogens with one attached hydrogen (secondary N) is 1. The van der Waals surface area contributed by atoms with Gasteiger partial charge in [-0.05, 0) is 56.4 Å². The summed E-state index contributed by atoms with van der Waals surface area (Å²) in [5.74, 6) is 0.878. The molecule has 2 fully saturated rings. The molecular weight excluding hydrogens is 332 g/mol. The number of amides is 1. The van der Waals surface area contributed by atoms with E-state index in [0.717, 1.165) is 56.6 Å². The van der Waals surface area contributed by atoms with E-state index in [0.29, 0.717) is 5.92 Å². The fourth-order valence-electron chi connectivity index (χ4n) is 3.29. The van der Waals surface area contributed by atoms with E-state index >= 15 is 0 Å². The summed E-state index contributed by atoms with van der Waals surface area (Å²) in [6.07, 6.45) is 4.34. The summed E-state index contributed by atoms with van der Waals surface area (Å²) < 4.78 is 10.7. The van der Waals surface area contributed by atoms with Gasteiger partial charge in [0.25, 0.3) is 5.91 Å². The monoisotopic (exact) mass is 360 g/mol. The third-order valence-electron chi connectivity index (χ3n) is 5.04. The molecular formula is C20H28N2O4. The standard InChI is InChI=1S/C20H28N2O4/c1-14(19(23)22-11-3-4-12-22)26-20(24)18(13-15-5-6-15)21-16-7-9-17(25-2)10-8-16/h7-10,14-15,18,21H,3-6,11-13H2,1-2H3/t14-,18?/m0/s1. The number of rotatable bonds is 8. The summed E-state index contributed by atoms with van der Waals surface area (Å²) in [5.41, 5.74) is 0.840. The molecule has 1 saturated heterocycles. The zero-order chi connectivity index (χ0) is 18.5. The number of nitrogens with zero attached hydrogens (tertiary/aromatic N) is 1. The Morgan fingerprint density at radius 2 is 1.85 bits per heavy atom. The summed E-state index contributed by atoms with van der Waals surface area (Å²) in [4.78, 5) is 26.8. The smallest absolute Gasteiger partial charge is 0.329 e. The van der Waals surface area contributed by atoms with E-state index in [9.17, 15) is 9.59 Å². The van der Waals surface area contributed by atoms with Gasteiger partial charge in [-0.2, -0.15) is 0 Å². The van der Waals surface area contributed by atoms with Crippen molar-refractivity contribution in [1.29, 1.82) is 0 Å². The van der Waals surface area contributed by atoms with Crippen LogP contribution >= 0.6 is 0 Å². The van der Waals surface area contributed by atoms with Crippen LogP contribution in [-0.2, 0) is 14.3 Å². The maximum Gasteiger partial charge on any atom is 0.329 e. The Morgan fingerprint density at radius 1 is 1.19 bits per heavy atom. The van der Waals surface area contributed by atoms with Crippen LogP contribution in [0.5, 0.6) is 5.75 Å². The molecule has 142 valence electrons. The second-order valence-electron chi connectivity index (χ2n) is 7.22. The number of hydrogen-bond acceptors (Lipinski definition) is 5. The molecule has 1 aromatic carbocycles. The normalized spacial score (nSPS) is 18.9. The van der Waals surface area contributed by atoms with E-state index in [-0.39, 0.29) is 11.9 Å². The van der Waals surface area contributed by atoms with Crippen LogP contribution in [0.15, 0.2) is 24.3 Å². The molecule has 1 amide bonds. The SMILES string of the molecule is COc1ccc(NC(CC2CC2)C(=O)O[C@@H](C)C(=O)N2CCCC2)cc1. The van der Waals surface area contributed by atoms with Crippen molar-refractivity contribution < 1.29 is 19.1 Å². The van der Waals surface area contributed by atoms with E-state index in [1.807, 2.05) is 24.3 Å². The lowest BCUT2D eigenvalue weighted by Gasteiger charge is -2.24. The molecule has 0 radical (unpaired) electrons. The Hall–Kier alpha value is -2.24. The van der Waals surface area contributed by atoms with Gasteiger partial charge < -0.3 is 19.7 Å². The molecule has 6 heteroatoms. The fraction of sp³-hybridized carbons (Fsp3) is 0.600. The molecule has 6 nitrogen and oxygen atoms in total. The Balaban J connectivity index is 1.59. The van der Waals surface area contributed by atoms with Crippen LogP contribution in [-0.4, -0.2) is 49.1 Å². The first-order valence-corrected chi connectivity index (χ1v) is 9.46. The zero-order valence-corrected chi connectivity index (χ0v) is 15.6. The first-order chi connectivity index (χ1) is 12.6. The highest BCUT2D eigenvalue weighted by atomic mass is 16.5. The van der Waals surface area contributed by atoms with Crippen molar-refractivity contribution in [3.63, 3.8) is 0 Å². The molecule has 0 bridgehead atoms. The maximum atomic E-state index is 12.7. The number of carbonyl (C=O) groups excluding carboxylic acids is 2. The van der Waals surface area contributed by atoms with E-state index in [2.05, 4.69) is 5.32 Å². The summed E-state index contributed by atoms with van der Waals surface area (Å²) >= 11 is 0. The lowest BCUT2D eigenvalue weighted by atomic mass is 10.1. The van der Waals surface area contributed by atoms with Crippen molar-refractivity contribution in [2.24, 2.45) is 5.92 Å². The number of likely N-dealkylation sites (tertiary alicyclic amines) is 1. The van der Waals surface area contributed by atoms with Crippen molar-refractivity contribution in [3.05, 3.63) is 24.3 Å². The lowest BCUT2D eigenvalue weighted by molar-refractivity contribution is -0.159. The number of hydrogen-bond donors (Lipinski definition) is 1. The quantitative estimate of drug-likeness (QED) is 0.722. The van der Waals surface area contributed by atoms with Crippen LogP contribution < -0.4 is 10.1 Å². The predicted octanol–water partition coefficient (Wildman–Crippen LogP) is 2.83. The number of ether oxygens (including phenoxy) is 2. The summed E-state index contributed by atoms with van der Waals surface area (Å²) in [6.45, 7) is 3.19. The predicted molar refractivity (Wildman–Crippen MR) is 99.1 cm³/mol. The molecule has 2 atom stereocenters. The summed E-state index contributed by atoms with van der Waals surface area (Å²) in [6, 6.07) is 7.02. The van der Waals surface area contributed by atoms with Crippen molar-refractivity contribution in [2.45, 2.75) is 51.2 Å². The molecule has 0 aromatic heterocycles. The van der Waals surface area contributed by atoms with Gasteiger partial charge >= 0.3 is 5.97 Å². The third-order valence-corrected chi connectivity index (χ3v) is 5.04. The van der Waals surface area contributed by atoms with Crippen LogP contribution in [0.2, 0.25) is 0 Å². The molecule has 1 N–H and O–H groups in total. The van der Waals surface area contributed by atoms with E-state index in [1.165, 1.54) is 0 Å². The van der Waals surface area contributed by atoms with Gasteiger partial charge in [0.2, 0.25) is 0 Å². The Bertz CT molecular complexity index is 621. The molecule has 26 heavy (non-hydrogen) atoms. The minimum atomic E-state index is -0.736. The van der Waals surface area contributed by atoms with E-state index in [1.54, 1.807) is 18.9 Å². The number of anilines is 1. The highest BCUT2D eigenvalue weighted by Gasteiger charge is 2.33. The largest absolute Gasteiger partial charge is 0.497 e. The van der Waals surface area contributed by atoms with Gasteiger partial charge in [0, 0.05) is 18.8 Å². The van der Waals surface area contributed by atoms with Crippen molar-refractivity contribution in [2.75, 3.05) is 25.5 Å². The molecule has 1 aliphatic carbocycles. The van der Waals surface area contributed by atoms with Gasteiger partial charge in [-0.15, -0.1) is 0 Å². The van der Waals surface area contributed by atoms with Gasteiger partial charge in [-0.1, -0.05) is 12.8 Å². The molecule has 0 spiro atoms. The van der Waals surface area contributed by atoms with Crippen LogP contribution in [0.1, 0.15) is 39.0 Å². The van der Waals surface area contributed by atoms with Gasteiger partial charge in [0.15, 0.2) is 6.10 Å². The molecule has 1 aromatic rings. The second kappa shape index (κ2) is 8.43. The van der Waals surface area contributed by atoms with Gasteiger partial charge in [0.05, 0.1) is 7.11 Å². The Kier molecular flexibility index (Phi) is 6.01. The maximum absolute atomic E-state index is 12.7. The average Bonchev–Trinajstić information content (AvgIpc) is 3.30. The number of carbonyl (C=O) groups is 2. The lowest BCUT2D eigenvalue weighted by Crippen LogP contribution is -2.41. The molecule has 1 heterocycles. The average molecular weight is 360 g/mol. The van der Waals surface area contributed by atoms with Crippen LogP contribution in [0.25, 0.3) is 0 Å². The number of methoxy groups -OCH3 is 1. The minimum absolute atomic E-state index is 0.0922. The number of benzene rings is 1. The highest BCUT2D eigenvalue weighted by molar-refractivity contribution is 5.86. The van der Waals surface area contributed by atoms with Crippen LogP contribution in [0, 0.1) is 5.92 Å². The van der Waals surface area contributed by atoms with Crippen molar-refractivity contribution in [3.8, 4) is 5.75 Å². The van der Waals surface area contributed by atoms with E-state index < -0.39 is 12.1 Å². The second-order valence-corrected chi connectivity index (χ2v) is 7.22. The third kappa shape index (κ3) is 4.90. The van der Waals surface area contributed by atoms with E-state index in [4.69, 9.17) is 9.47 Å². The van der Waals surface area contributed by atoms with Gasteiger partial charge in [-0.25, -0.2) is 4.79 Å². The van der Waals surface area contributed by atoms with Gasteiger partial charge in [-0.3, -0.25) is 4.79 Å². The molecule has 1 saturated carbocycles. The van der Waals surface area contributed by atoms with Crippen molar-refractivity contribution >= 4 is 17.6 Å². The molecule has 3 rings (SSSR count). The minimum Gasteiger partial charge on any atom is -0.497 e. The van der Waals surface area contributed by atoms with Gasteiger partial charge in [0.1, 0.15) is 11.8 Å². The topological polar surface area (TPSA) is 67.9 Å². The Morgan fingerprint density at radius 3 is 2.42 bits per heavy atom. The summed E-state index contributed by atoms with van der Waals surface area (Å²) in [5, 5.41) is 3.26. The van der Waals surface area contributed by atoms with Crippen molar-refractivity contribution in [1.82, 2.24) is 4.90 Å².